The molecule has 1 fully saturated rings. The fourth-order valence-electron chi connectivity index (χ4n) is 3.73. The van der Waals surface area contributed by atoms with Gasteiger partial charge in [0, 0.05) is 30.0 Å². The van der Waals surface area contributed by atoms with Crippen LogP contribution >= 0.6 is 0 Å². The van der Waals surface area contributed by atoms with Crippen molar-refractivity contribution in [2.75, 3.05) is 36.9 Å². The van der Waals surface area contributed by atoms with Crippen LogP contribution in [0, 0.1) is 6.92 Å². The summed E-state index contributed by atoms with van der Waals surface area (Å²) in [5.41, 5.74) is 2.72. The van der Waals surface area contributed by atoms with Crippen molar-refractivity contribution in [2.24, 2.45) is 0 Å². The predicted octanol–water partition coefficient (Wildman–Crippen LogP) is 2.72. The second-order valence-electron chi connectivity index (χ2n) is 8.50. The molecule has 186 valence electrons. The first kappa shape index (κ1) is 25.9. The maximum atomic E-state index is 12.6. The number of amides is 3. The molecule has 1 saturated heterocycles. The lowest BCUT2D eigenvalue weighted by atomic mass is 10.1. The molecule has 1 aliphatic heterocycles. The minimum absolute atomic E-state index is 0.0355. The van der Waals surface area contributed by atoms with Crippen LogP contribution in [0.4, 0.5) is 11.4 Å². The monoisotopic (exact) mass is 480 g/mol. The Hall–Kier alpha value is -3.72. The molecule has 0 aliphatic carbocycles. The molecule has 3 rings (SSSR count). The van der Waals surface area contributed by atoms with E-state index in [9.17, 15) is 19.2 Å². The zero-order chi connectivity index (χ0) is 25.2. The van der Waals surface area contributed by atoms with Crippen molar-refractivity contribution in [3.63, 3.8) is 0 Å². The van der Waals surface area contributed by atoms with E-state index in [2.05, 4.69) is 16.0 Å². The number of carbonyl (C=O) groups excluding carboxylic acids is 4. The molecular formula is C26H32N4O5. The SMILES string of the molecule is CCCCOC(=O)CC1C(=O)NCCN1CC(=O)Nc1ccc(NC(=O)c2cccc(C)c2)cc1. The third-order valence-electron chi connectivity index (χ3n) is 5.62. The zero-order valence-corrected chi connectivity index (χ0v) is 20.1. The first-order valence-corrected chi connectivity index (χ1v) is 11.8. The number of rotatable bonds is 10. The summed E-state index contributed by atoms with van der Waals surface area (Å²) in [5, 5.41) is 8.37. The van der Waals surface area contributed by atoms with Crippen molar-refractivity contribution in [1.82, 2.24) is 10.2 Å². The summed E-state index contributed by atoms with van der Waals surface area (Å²) in [6.45, 7) is 5.07. The lowest BCUT2D eigenvalue weighted by molar-refractivity contribution is -0.149. The van der Waals surface area contributed by atoms with E-state index in [0.29, 0.717) is 36.6 Å². The molecule has 0 saturated carbocycles. The number of hydrogen-bond acceptors (Lipinski definition) is 6. The van der Waals surface area contributed by atoms with Gasteiger partial charge in [-0.3, -0.25) is 24.1 Å². The van der Waals surface area contributed by atoms with Gasteiger partial charge in [-0.05, 0) is 49.7 Å². The number of hydrogen-bond donors (Lipinski definition) is 3. The lowest BCUT2D eigenvalue weighted by Gasteiger charge is -2.33. The molecule has 2 aromatic carbocycles. The highest BCUT2D eigenvalue weighted by Crippen LogP contribution is 2.16. The number of piperazine rings is 1. The van der Waals surface area contributed by atoms with Crippen molar-refractivity contribution in [1.29, 1.82) is 0 Å². The van der Waals surface area contributed by atoms with Gasteiger partial charge in [-0.25, -0.2) is 0 Å². The van der Waals surface area contributed by atoms with Crippen molar-refractivity contribution in [2.45, 2.75) is 39.2 Å². The highest BCUT2D eigenvalue weighted by Gasteiger charge is 2.33. The summed E-state index contributed by atoms with van der Waals surface area (Å²) in [7, 11) is 0. The van der Waals surface area contributed by atoms with Crippen molar-refractivity contribution in [3.05, 3.63) is 59.7 Å². The summed E-state index contributed by atoms with van der Waals surface area (Å²) < 4.78 is 5.18. The van der Waals surface area contributed by atoms with Crippen LogP contribution in [0.15, 0.2) is 48.5 Å². The van der Waals surface area contributed by atoms with E-state index in [-0.39, 0.29) is 30.7 Å². The van der Waals surface area contributed by atoms with Crippen LogP contribution in [0.25, 0.3) is 0 Å². The van der Waals surface area contributed by atoms with E-state index in [1.54, 1.807) is 35.2 Å². The standard InChI is InChI=1S/C26H32N4O5/c1-3-4-14-35-24(32)16-22-26(34)27-12-13-30(22)17-23(31)28-20-8-10-21(11-9-20)29-25(33)19-7-5-6-18(2)15-19/h5-11,15,22H,3-4,12-14,16-17H2,1-2H3,(H,27,34)(H,28,31)(H,29,33). The third-order valence-corrected chi connectivity index (χ3v) is 5.62. The van der Waals surface area contributed by atoms with Crippen molar-refractivity contribution in [3.8, 4) is 0 Å². The Labute approximate surface area is 205 Å². The molecule has 1 aliphatic rings. The van der Waals surface area contributed by atoms with Crippen molar-refractivity contribution >= 4 is 35.1 Å². The molecule has 35 heavy (non-hydrogen) atoms. The summed E-state index contributed by atoms with van der Waals surface area (Å²) in [4.78, 5) is 51.2. The number of anilines is 2. The molecule has 1 unspecified atom stereocenters. The fraction of sp³-hybridized carbons (Fsp3) is 0.385. The molecule has 0 bridgehead atoms. The van der Waals surface area contributed by atoms with Crippen LogP contribution in [0.5, 0.6) is 0 Å². The van der Waals surface area contributed by atoms with Crippen LogP contribution in [0.1, 0.15) is 42.1 Å². The molecule has 0 spiro atoms. The maximum absolute atomic E-state index is 12.6. The van der Waals surface area contributed by atoms with Gasteiger partial charge in [-0.2, -0.15) is 0 Å². The topological polar surface area (TPSA) is 117 Å². The van der Waals surface area contributed by atoms with E-state index in [0.717, 1.165) is 18.4 Å². The summed E-state index contributed by atoms with van der Waals surface area (Å²) in [6.07, 6.45) is 1.57. The minimum atomic E-state index is -0.747. The lowest BCUT2D eigenvalue weighted by Crippen LogP contribution is -2.57. The van der Waals surface area contributed by atoms with E-state index >= 15 is 0 Å². The number of nitrogens with one attached hydrogen (secondary N) is 3. The van der Waals surface area contributed by atoms with Gasteiger partial charge in [0.1, 0.15) is 6.04 Å². The Kier molecular flexibility index (Phi) is 9.37. The van der Waals surface area contributed by atoms with Crippen LogP contribution in [0.2, 0.25) is 0 Å². The molecule has 9 nitrogen and oxygen atoms in total. The number of ether oxygens (including phenoxy) is 1. The van der Waals surface area contributed by atoms with E-state index < -0.39 is 12.0 Å². The highest BCUT2D eigenvalue weighted by atomic mass is 16.5. The Balaban J connectivity index is 1.53. The summed E-state index contributed by atoms with van der Waals surface area (Å²) in [5.74, 6) is -1.26. The molecular weight excluding hydrogens is 448 g/mol. The number of nitrogens with zero attached hydrogens (tertiary/aromatic N) is 1. The Morgan fingerprint density at radius 3 is 2.49 bits per heavy atom. The van der Waals surface area contributed by atoms with Crippen LogP contribution in [0.3, 0.4) is 0 Å². The second kappa shape index (κ2) is 12.7. The van der Waals surface area contributed by atoms with Gasteiger partial charge in [0.15, 0.2) is 0 Å². The van der Waals surface area contributed by atoms with Gasteiger partial charge < -0.3 is 20.7 Å². The molecule has 3 N–H and O–H groups in total. The van der Waals surface area contributed by atoms with Crippen LogP contribution in [-0.2, 0) is 19.1 Å². The molecule has 9 heteroatoms. The summed E-state index contributed by atoms with van der Waals surface area (Å²) in [6, 6.07) is 13.3. The second-order valence-corrected chi connectivity index (χ2v) is 8.50. The molecule has 3 amide bonds. The molecule has 0 radical (unpaired) electrons. The van der Waals surface area contributed by atoms with Gasteiger partial charge in [-0.1, -0.05) is 31.0 Å². The number of carbonyl (C=O) groups is 4. The first-order valence-electron chi connectivity index (χ1n) is 11.8. The highest BCUT2D eigenvalue weighted by molar-refractivity contribution is 6.04. The smallest absolute Gasteiger partial charge is 0.307 e. The zero-order valence-electron chi connectivity index (χ0n) is 20.1. The van der Waals surface area contributed by atoms with Crippen LogP contribution < -0.4 is 16.0 Å². The van der Waals surface area contributed by atoms with E-state index in [4.69, 9.17) is 4.74 Å². The van der Waals surface area contributed by atoms with E-state index in [1.807, 2.05) is 32.0 Å². The average molecular weight is 481 g/mol. The third kappa shape index (κ3) is 7.92. The van der Waals surface area contributed by atoms with Crippen molar-refractivity contribution < 1.29 is 23.9 Å². The summed E-state index contributed by atoms with van der Waals surface area (Å²) >= 11 is 0. The van der Waals surface area contributed by atoms with Gasteiger partial charge in [0.05, 0.1) is 19.6 Å². The predicted molar refractivity (Wildman–Crippen MR) is 133 cm³/mol. The Morgan fingerprint density at radius 1 is 1.09 bits per heavy atom. The number of aryl methyl sites for hydroxylation is 1. The first-order chi connectivity index (χ1) is 16.9. The maximum Gasteiger partial charge on any atom is 0.307 e. The Bertz CT molecular complexity index is 1050. The molecule has 2 aromatic rings. The number of unbranched alkanes of at least 4 members (excludes halogenated alkanes) is 1. The van der Waals surface area contributed by atoms with Gasteiger partial charge in [0.2, 0.25) is 11.8 Å². The van der Waals surface area contributed by atoms with Crippen LogP contribution in [-0.4, -0.2) is 60.9 Å². The molecule has 1 atom stereocenters. The Morgan fingerprint density at radius 2 is 1.80 bits per heavy atom. The quantitative estimate of drug-likeness (QED) is 0.356. The minimum Gasteiger partial charge on any atom is -0.466 e. The molecule has 0 aromatic heterocycles. The van der Waals surface area contributed by atoms with E-state index in [1.165, 1.54) is 0 Å². The van der Waals surface area contributed by atoms with Gasteiger partial charge in [0.25, 0.3) is 5.91 Å². The van der Waals surface area contributed by atoms with Gasteiger partial charge in [-0.15, -0.1) is 0 Å². The normalized spacial score (nSPS) is 15.7. The number of benzene rings is 2. The average Bonchev–Trinajstić information content (AvgIpc) is 2.82. The molecule has 1 heterocycles. The van der Waals surface area contributed by atoms with Gasteiger partial charge >= 0.3 is 5.97 Å². The fourth-order valence-corrected chi connectivity index (χ4v) is 3.73. The largest absolute Gasteiger partial charge is 0.466 e. The number of esters is 1.